The summed E-state index contributed by atoms with van der Waals surface area (Å²) in [6.45, 7) is 1.42. The first-order chi connectivity index (χ1) is 5.07. The number of hydrogen-bond donors (Lipinski definition) is 1. The fourth-order valence-electron chi connectivity index (χ4n) is 0.461. The lowest BCUT2D eigenvalue weighted by molar-refractivity contribution is -0.112. The van der Waals surface area contributed by atoms with Crippen molar-refractivity contribution in [2.45, 2.75) is 6.92 Å². The number of hydrogen-bond acceptors (Lipinski definition) is 2. The van der Waals surface area contributed by atoms with Gasteiger partial charge in [0.15, 0.2) is 5.78 Å². The fourth-order valence-corrected chi connectivity index (χ4v) is 0.461. The van der Waals surface area contributed by atoms with Gasteiger partial charge >= 0.3 is 6.03 Å². The van der Waals surface area contributed by atoms with Gasteiger partial charge in [-0.2, -0.15) is 0 Å². The van der Waals surface area contributed by atoms with Crippen LogP contribution in [0.15, 0.2) is 12.3 Å². The summed E-state index contributed by atoms with van der Waals surface area (Å²) in [5.41, 5.74) is 0. The number of urea groups is 1. The van der Waals surface area contributed by atoms with Crippen LogP contribution in [0, 0.1) is 0 Å². The van der Waals surface area contributed by atoms with Crippen molar-refractivity contribution in [2.75, 3.05) is 14.1 Å². The average Bonchev–Trinajstić information content (AvgIpc) is 1.98. The van der Waals surface area contributed by atoms with E-state index in [0.29, 0.717) is 0 Å². The minimum atomic E-state index is -0.248. The molecule has 0 aromatic heterocycles. The van der Waals surface area contributed by atoms with Gasteiger partial charge in [0.05, 0.1) is 0 Å². The standard InChI is InChI=1S/C7H12N2O2/c1-6(10)4-5-9(3)7(11)8-2/h4-5H,1-3H3,(H,8,11)/b5-4-. The van der Waals surface area contributed by atoms with E-state index in [9.17, 15) is 9.59 Å². The quantitative estimate of drug-likeness (QED) is 0.587. The normalized spacial score (nSPS) is 9.73. The molecular weight excluding hydrogens is 144 g/mol. The number of amides is 2. The zero-order chi connectivity index (χ0) is 8.85. The summed E-state index contributed by atoms with van der Waals surface area (Å²) in [4.78, 5) is 22.5. The van der Waals surface area contributed by atoms with Crippen LogP contribution in [-0.4, -0.2) is 30.8 Å². The lowest BCUT2D eigenvalue weighted by Gasteiger charge is -2.09. The Morgan fingerprint density at radius 2 is 2.00 bits per heavy atom. The van der Waals surface area contributed by atoms with Gasteiger partial charge in [-0.05, 0) is 13.0 Å². The summed E-state index contributed by atoms with van der Waals surface area (Å²) in [6.07, 6.45) is 2.75. The Kier molecular flexibility index (Phi) is 3.95. The molecular formula is C7H12N2O2. The summed E-state index contributed by atoms with van der Waals surface area (Å²) >= 11 is 0. The van der Waals surface area contributed by atoms with E-state index in [0.717, 1.165) is 0 Å². The van der Waals surface area contributed by atoms with Gasteiger partial charge < -0.3 is 10.2 Å². The zero-order valence-electron chi connectivity index (χ0n) is 6.92. The number of nitrogens with zero attached hydrogens (tertiary/aromatic N) is 1. The molecule has 0 aliphatic heterocycles. The third-order valence-electron chi connectivity index (χ3n) is 1.07. The van der Waals surface area contributed by atoms with Gasteiger partial charge in [-0.3, -0.25) is 4.79 Å². The van der Waals surface area contributed by atoms with Crippen LogP contribution in [0.25, 0.3) is 0 Å². The van der Waals surface area contributed by atoms with Crippen LogP contribution in [0.2, 0.25) is 0 Å². The number of carbonyl (C=O) groups excluding carboxylic acids is 2. The molecule has 0 unspecified atom stereocenters. The molecule has 1 N–H and O–H groups in total. The van der Waals surface area contributed by atoms with Crippen LogP contribution >= 0.6 is 0 Å². The first-order valence-corrected chi connectivity index (χ1v) is 3.21. The molecule has 0 heterocycles. The molecule has 4 heteroatoms. The van der Waals surface area contributed by atoms with Gasteiger partial charge in [0.2, 0.25) is 0 Å². The van der Waals surface area contributed by atoms with Crippen LogP contribution in [0.5, 0.6) is 0 Å². The molecule has 0 radical (unpaired) electrons. The Balaban J connectivity index is 3.95. The molecule has 0 aromatic rings. The molecule has 0 spiro atoms. The molecule has 0 aliphatic carbocycles. The average molecular weight is 156 g/mol. The third kappa shape index (κ3) is 4.13. The van der Waals surface area contributed by atoms with E-state index in [1.807, 2.05) is 0 Å². The highest BCUT2D eigenvalue weighted by Crippen LogP contribution is 1.85. The Morgan fingerprint density at radius 3 is 2.36 bits per heavy atom. The molecule has 0 aliphatic rings. The van der Waals surface area contributed by atoms with E-state index in [2.05, 4.69) is 5.32 Å². The van der Waals surface area contributed by atoms with Crippen molar-refractivity contribution in [2.24, 2.45) is 0 Å². The van der Waals surface area contributed by atoms with Gasteiger partial charge in [-0.25, -0.2) is 4.79 Å². The third-order valence-corrected chi connectivity index (χ3v) is 1.07. The van der Waals surface area contributed by atoms with E-state index in [4.69, 9.17) is 0 Å². The largest absolute Gasteiger partial charge is 0.341 e. The van der Waals surface area contributed by atoms with Gasteiger partial charge in [0, 0.05) is 20.3 Å². The maximum Gasteiger partial charge on any atom is 0.320 e. The van der Waals surface area contributed by atoms with E-state index < -0.39 is 0 Å². The van der Waals surface area contributed by atoms with Crippen LogP contribution in [0.3, 0.4) is 0 Å². The van der Waals surface area contributed by atoms with E-state index >= 15 is 0 Å². The van der Waals surface area contributed by atoms with E-state index in [-0.39, 0.29) is 11.8 Å². The lowest BCUT2D eigenvalue weighted by Crippen LogP contribution is -2.30. The van der Waals surface area contributed by atoms with Crippen molar-refractivity contribution < 1.29 is 9.59 Å². The van der Waals surface area contributed by atoms with Crippen molar-refractivity contribution in [3.63, 3.8) is 0 Å². The number of ketones is 1. The van der Waals surface area contributed by atoms with Crippen molar-refractivity contribution in [1.29, 1.82) is 0 Å². The van der Waals surface area contributed by atoms with E-state index in [1.54, 1.807) is 7.05 Å². The van der Waals surface area contributed by atoms with Crippen LogP contribution in [0.4, 0.5) is 4.79 Å². The first-order valence-electron chi connectivity index (χ1n) is 3.21. The Hall–Kier alpha value is -1.32. The Bertz CT molecular complexity index is 187. The molecule has 11 heavy (non-hydrogen) atoms. The number of carbonyl (C=O) groups is 2. The second-order valence-electron chi connectivity index (χ2n) is 2.09. The number of rotatable bonds is 2. The predicted molar refractivity (Wildman–Crippen MR) is 42.0 cm³/mol. The minimum absolute atomic E-state index is 0.0826. The highest BCUT2D eigenvalue weighted by atomic mass is 16.2. The molecule has 0 aromatic carbocycles. The Labute approximate surface area is 65.9 Å². The summed E-state index contributed by atoms with van der Waals surface area (Å²) < 4.78 is 0. The number of allylic oxidation sites excluding steroid dienone is 1. The van der Waals surface area contributed by atoms with Crippen molar-refractivity contribution in [3.05, 3.63) is 12.3 Å². The lowest BCUT2D eigenvalue weighted by atomic mass is 10.4. The van der Waals surface area contributed by atoms with Crippen LogP contribution in [-0.2, 0) is 4.79 Å². The van der Waals surface area contributed by atoms with Crippen molar-refractivity contribution >= 4 is 11.8 Å². The van der Waals surface area contributed by atoms with Crippen molar-refractivity contribution in [3.8, 4) is 0 Å². The molecule has 0 saturated carbocycles. The molecule has 0 atom stereocenters. The van der Waals surface area contributed by atoms with Gasteiger partial charge in [0.1, 0.15) is 0 Å². The molecule has 2 amide bonds. The summed E-state index contributed by atoms with van der Waals surface area (Å²) in [6, 6.07) is -0.248. The predicted octanol–water partition coefficient (Wildman–Crippen LogP) is 0.360. The highest BCUT2D eigenvalue weighted by molar-refractivity contribution is 5.87. The first kappa shape index (κ1) is 9.68. The topological polar surface area (TPSA) is 49.4 Å². The van der Waals surface area contributed by atoms with Gasteiger partial charge in [-0.1, -0.05) is 0 Å². The second-order valence-corrected chi connectivity index (χ2v) is 2.09. The Morgan fingerprint density at radius 1 is 1.45 bits per heavy atom. The molecule has 4 nitrogen and oxygen atoms in total. The van der Waals surface area contributed by atoms with Gasteiger partial charge in [0.25, 0.3) is 0 Å². The zero-order valence-corrected chi connectivity index (χ0v) is 6.92. The number of nitrogens with one attached hydrogen (secondary N) is 1. The molecule has 62 valence electrons. The van der Waals surface area contributed by atoms with Crippen LogP contribution in [0.1, 0.15) is 6.92 Å². The van der Waals surface area contributed by atoms with Crippen LogP contribution < -0.4 is 5.32 Å². The summed E-state index contributed by atoms with van der Waals surface area (Å²) in [7, 11) is 3.10. The van der Waals surface area contributed by atoms with E-state index in [1.165, 1.54) is 31.1 Å². The van der Waals surface area contributed by atoms with Gasteiger partial charge in [-0.15, -0.1) is 0 Å². The summed E-state index contributed by atoms with van der Waals surface area (Å²) in [5.74, 6) is -0.0826. The van der Waals surface area contributed by atoms with Crippen molar-refractivity contribution in [1.82, 2.24) is 10.2 Å². The molecule has 0 fully saturated rings. The fraction of sp³-hybridized carbons (Fsp3) is 0.429. The molecule has 0 bridgehead atoms. The smallest absolute Gasteiger partial charge is 0.320 e. The maximum absolute atomic E-state index is 10.8. The molecule has 0 rings (SSSR count). The second kappa shape index (κ2) is 4.49. The molecule has 0 saturated heterocycles. The maximum atomic E-state index is 10.8. The monoisotopic (exact) mass is 156 g/mol. The minimum Gasteiger partial charge on any atom is -0.341 e. The highest BCUT2D eigenvalue weighted by Gasteiger charge is 1.99. The SMILES string of the molecule is CNC(=O)N(C)/C=C\C(C)=O. The summed E-state index contributed by atoms with van der Waals surface area (Å²) in [5, 5.41) is 2.41.